The number of benzene rings is 1. The first-order chi connectivity index (χ1) is 18.7. The van der Waals surface area contributed by atoms with Crippen LogP contribution in [-0.4, -0.2) is 89.3 Å². The van der Waals surface area contributed by atoms with Crippen LogP contribution < -0.4 is 14.8 Å². The van der Waals surface area contributed by atoms with E-state index >= 15 is 0 Å². The smallest absolute Gasteiger partial charge is 0.240 e. The number of amides is 2. The number of unbranched alkanes of at least 4 members (excludes halogenated alkanes) is 2. The lowest BCUT2D eigenvalue weighted by molar-refractivity contribution is -0.146. The van der Waals surface area contributed by atoms with Crippen LogP contribution in [0, 0.1) is 5.92 Å². The first-order valence-electron chi connectivity index (χ1n) is 14.4. The number of aliphatic hydroxyl groups is 2. The van der Waals surface area contributed by atoms with Crippen LogP contribution >= 0.6 is 0 Å². The van der Waals surface area contributed by atoms with E-state index in [9.17, 15) is 19.8 Å². The van der Waals surface area contributed by atoms with E-state index in [4.69, 9.17) is 14.2 Å². The molecule has 10 nitrogen and oxygen atoms in total. The van der Waals surface area contributed by atoms with Crippen molar-refractivity contribution in [2.75, 3.05) is 33.0 Å². The molecule has 0 radical (unpaired) electrons. The van der Waals surface area contributed by atoms with E-state index in [1.165, 1.54) is 4.90 Å². The second-order valence-electron chi connectivity index (χ2n) is 11.0. The maximum Gasteiger partial charge on any atom is 0.240 e. The summed E-state index contributed by atoms with van der Waals surface area (Å²) in [4.78, 5) is 30.1. The predicted octanol–water partition coefficient (Wildman–Crippen LogP) is 2.65. The van der Waals surface area contributed by atoms with Gasteiger partial charge in [-0.2, -0.15) is 0 Å². The molecule has 3 atom stereocenters. The average Bonchev–Trinajstić information content (AvgIpc) is 3.56. The van der Waals surface area contributed by atoms with E-state index in [-0.39, 0.29) is 43.7 Å². The molecule has 1 aromatic rings. The molecular formula is C29H47N3O7. The third kappa shape index (κ3) is 9.06. The number of ether oxygens (including phenoxy) is 3. The summed E-state index contributed by atoms with van der Waals surface area (Å²) in [6, 6.07) is 4.20. The van der Waals surface area contributed by atoms with Crippen molar-refractivity contribution in [3.63, 3.8) is 0 Å². The monoisotopic (exact) mass is 549 g/mol. The second kappa shape index (κ2) is 15.4. The number of likely N-dealkylation sites (tertiary alicyclic amines) is 1. The lowest BCUT2D eigenvalue weighted by atomic mass is 10.0. The summed E-state index contributed by atoms with van der Waals surface area (Å²) in [6.45, 7) is 10.5. The number of carbonyl (C=O) groups is 2. The summed E-state index contributed by atoms with van der Waals surface area (Å²) in [7, 11) is 0. The Labute approximate surface area is 232 Å². The van der Waals surface area contributed by atoms with Gasteiger partial charge in [-0.3, -0.25) is 14.9 Å². The maximum atomic E-state index is 13.7. The number of nitrogens with one attached hydrogen (secondary N) is 1. The van der Waals surface area contributed by atoms with Crippen LogP contribution in [0.15, 0.2) is 18.2 Å². The minimum absolute atomic E-state index is 0.0106. The van der Waals surface area contributed by atoms with Gasteiger partial charge in [0.05, 0.1) is 31.3 Å². The van der Waals surface area contributed by atoms with Crippen LogP contribution in [0.4, 0.5) is 0 Å². The summed E-state index contributed by atoms with van der Waals surface area (Å²) in [5, 5.41) is 23.4. The van der Waals surface area contributed by atoms with Crippen molar-refractivity contribution in [2.24, 2.45) is 5.92 Å². The Morgan fingerprint density at radius 1 is 1.13 bits per heavy atom. The third-order valence-electron chi connectivity index (χ3n) is 7.28. The molecule has 3 rings (SSSR count). The molecule has 0 spiro atoms. The third-order valence-corrected chi connectivity index (χ3v) is 7.28. The normalized spacial score (nSPS) is 19.2. The topological polar surface area (TPSA) is 121 Å². The standard InChI is InChI=1S/C29H47N3O7/c1-5-7-11-31(12-8-6-2)27(33)16-30-23(13-20(3)4)28(34)32-17-22(15-24(32)29(35)36)37-18-21-9-10-25-26(14-21)39-19-38-25/h9-10,14,20,22-24,29-30,35-36H,5-8,11-13,15-19H2,1-4H3/t22-,23?,24+/m1/s1. The molecule has 220 valence electrons. The van der Waals surface area contributed by atoms with Crippen molar-refractivity contribution >= 4 is 11.8 Å². The molecule has 3 N–H and O–H groups in total. The van der Waals surface area contributed by atoms with E-state index in [0.717, 1.165) is 31.2 Å². The zero-order valence-electron chi connectivity index (χ0n) is 23.9. The van der Waals surface area contributed by atoms with Crippen LogP contribution in [0.2, 0.25) is 0 Å². The van der Waals surface area contributed by atoms with Gasteiger partial charge in [-0.05, 0) is 42.9 Å². The molecule has 1 fully saturated rings. The van der Waals surface area contributed by atoms with Gasteiger partial charge in [-0.25, -0.2) is 0 Å². The van der Waals surface area contributed by atoms with Crippen molar-refractivity contribution in [1.82, 2.24) is 15.1 Å². The lowest BCUT2D eigenvalue weighted by Gasteiger charge is -2.31. The van der Waals surface area contributed by atoms with Crippen molar-refractivity contribution in [1.29, 1.82) is 0 Å². The fourth-order valence-electron chi connectivity index (χ4n) is 5.05. The zero-order valence-corrected chi connectivity index (χ0v) is 23.9. The Hall–Kier alpha value is -2.40. The number of nitrogens with zero attached hydrogens (tertiary/aromatic N) is 2. The van der Waals surface area contributed by atoms with E-state index in [1.807, 2.05) is 36.9 Å². The van der Waals surface area contributed by atoms with Crippen LogP contribution in [0.25, 0.3) is 0 Å². The maximum absolute atomic E-state index is 13.7. The number of hydrogen-bond acceptors (Lipinski definition) is 8. The summed E-state index contributed by atoms with van der Waals surface area (Å²) < 4.78 is 16.9. The number of fused-ring (bicyclic) bond motifs is 1. The minimum atomic E-state index is -1.69. The van der Waals surface area contributed by atoms with E-state index in [0.29, 0.717) is 44.0 Å². The first kappa shape index (κ1) is 31.1. The Kier molecular flexibility index (Phi) is 12.3. The van der Waals surface area contributed by atoms with Crippen LogP contribution in [0.1, 0.15) is 71.8 Å². The second-order valence-corrected chi connectivity index (χ2v) is 11.0. The quantitative estimate of drug-likeness (QED) is 0.269. The molecule has 2 amide bonds. The Bertz CT molecular complexity index is 918. The molecular weight excluding hydrogens is 502 g/mol. The average molecular weight is 550 g/mol. The van der Waals surface area contributed by atoms with Gasteiger partial charge in [-0.1, -0.05) is 46.6 Å². The molecule has 1 aromatic carbocycles. The fraction of sp³-hybridized carbons (Fsp3) is 0.724. The molecule has 10 heteroatoms. The highest BCUT2D eigenvalue weighted by Crippen LogP contribution is 2.33. The van der Waals surface area contributed by atoms with Crippen molar-refractivity contribution in [3.05, 3.63) is 23.8 Å². The summed E-state index contributed by atoms with van der Waals surface area (Å²) >= 11 is 0. The predicted molar refractivity (Wildman–Crippen MR) is 147 cm³/mol. The molecule has 0 saturated carbocycles. The van der Waals surface area contributed by atoms with Gasteiger partial charge in [0, 0.05) is 26.1 Å². The van der Waals surface area contributed by atoms with Gasteiger partial charge in [0.1, 0.15) is 0 Å². The Morgan fingerprint density at radius 2 is 1.82 bits per heavy atom. The molecule has 39 heavy (non-hydrogen) atoms. The lowest BCUT2D eigenvalue weighted by Crippen LogP contribution is -2.53. The van der Waals surface area contributed by atoms with Crippen LogP contribution in [0.5, 0.6) is 11.5 Å². The number of aliphatic hydroxyl groups excluding tert-OH is 1. The Balaban J connectivity index is 1.62. The SMILES string of the molecule is CCCCN(CCCC)C(=O)CNC(CC(C)C)C(=O)N1C[C@H](OCc2ccc3c(c2)OCO3)C[C@H]1C(O)O. The fourth-order valence-corrected chi connectivity index (χ4v) is 5.05. The molecule has 2 aliphatic rings. The molecule has 2 aliphatic heterocycles. The van der Waals surface area contributed by atoms with Crippen molar-refractivity contribution in [2.45, 2.75) is 97.3 Å². The molecule has 0 bridgehead atoms. The van der Waals surface area contributed by atoms with E-state index < -0.39 is 18.4 Å². The van der Waals surface area contributed by atoms with Gasteiger partial charge < -0.3 is 34.2 Å². The molecule has 1 unspecified atom stereocenters. The number of hydrogen-bond donors (Lipinski definition) is 3. The summed E-state index contributed by atoms with van der Waals surface area (Å²) in [6.07, 6.45) is 2.71. The van der Waals surface area contributed by atoms with Gasteiger partial charge in [-0.15, -0.1) is 0 Å². The van der Waals surface area contributed by atoms with Crippen molar-refractivity contribution < 1.29 is 34.0 Å². The molecule has 2 heterocycles. The van der Waals surface area contributed by atoms with Gasteiger partial charge >= 0.3 is 0 Å². The number of carbonyl (C=O) groups excluding carboxylic acids is 2. The molecule has 1 saturated heterocycles. The van der Waals surface area contributed by atoms with Crippen LogP contribution in [-0.2, 0) is 20.9 Å². The van der Waals surface area contributed by atoms with Crippen LogP contribution in [0.3, 0.4) is 0 Å². The highest BCUT2D eigenvalue weighted by molar-refractivity contribution is 5.84. The molecule has 0 aliphatic carbocycles. The molecule has 0 aromatic heterocycles. The largest absolute Gasteiger partial charge is 0.454 e. The van der Waals surface area contributed by atoms with Gasteiger partial charge in [0.15, 0.2) is 17.8 Å². The van der Waals surface area contributed by atoms with Gasteiger partial charge in [0.25, 0.3) is 0 Å². The van der Waals surface area contributed by atoms with E-state index in [1.54, 1.807) is 0 Å². The van der Waals surface area contributed by atoms with Crippen molar-refractivity contribution in [3.8, 4) is 11.5 Å². The number of rotatable bonds is 16. The highest BCUT2D eigenvalue weighted by atomic mass is 16.7. The first-order valence-corrected chi connectivity index (χ1v) is 14.4. The summed E-state index contributed by atoms with van der Waals surface area (Å²) in [5.74, 6) is 1.32. The minimum Gasteiger partial charge on any atom is -0.454 e. The van der Waals surface area contributed by atoms with Gasteiger partial charge in [0.2, 0.25) is 18.6 Å². The zero-order chi connectivity index (χ0) is 28.4. The summed E-state index contributed by atoms with van der Waals surface area (Å²) in [5.41, 5.74) is 0.902. The van der Waals surface area contributed by atoms with E-state index in [2.05, 4.69) is 19.2 Å². The highest BCUT2D eigenvalue weighted by Gasteiger charge is 2.41. The Morgan fingerprint density at radius 3 is 2.46 bits per heavy atom.